The number of hydrogen-bond acceptors (Lipinski definition) is 3. The number of aromatic amines is 1. The minimum Gasteiger partial charge on any atom is -0.494 e. The molecule has 2 rings (SSSR count). The normalized spacial score (nSPS) is 10.3. The first-order valence-corrected chi connectivity index (χ1v) is 5.43. The summed E-state index contributed by atoms with van der Waals surface area (Å²) in [4.78, 5) is 7.27. The van der Waals surface area contributed by atoms with Crippen molar-refractivity contribution in [3.63, 3.8) is 0 Å². The third-order valence-corrected chi connectivity index (χ3v) is 2.51. The molecule has 0 saturated heterocycles. The first-order valence-electron chi connectivity index (χ1n) is 5.02. The van der Waals surface area contributed by atoms with Crippen LogP contribution in [0.3, 0.4) is 0 Å². The van der Waals surface area contributed by atoms with Crippen molar-refractivity contribution in [2.75, 3.05) is 7.11 Å². The lowest BCUT2D eigenvalue weighted by Crippen LogP contribution is -1.94. The summed E-state index contributed by atoms with van der Waals surface area (Å²) in [7, 11) is 1.42. The molecule has 0 fully saturated rings. The Balaban J connectivity index is 2.56. The molecule has 2 aromatic rings. The first-order chi connectivity index (χ1) is 8.10. The second-order valence-corrected chi connectivity index (χ2v) is 4.02. The maximum absolute atomic E-state index is 13.3. The maximum atomic E-state index is 13.3. The fourth-order valence-corrected chi connectivity index (χ4v) is 1.79. The number of ether oxygens (including phenoxy) is 1. The van der Waals surface area contributed by atoms with E-state index in [1.807, 2.05) is 6.92 Å². The summed E-state index contributed by atoms with van der Waals surface area (Å²) in [6, 6.07) is 6.32. The van der Waals surface area contributed by atoms with E-state index in [0.29, 0.717) is 10.5 Å². The highest BCUT2D eigenvalue weighted by Crippen LogP contribution is 2.24. The predicted molar refractivity (Wildman–Crippen MR) is 66.1 cm³/mol. The van der Waals surface area contributed by atoms with E-state index in [0.717, 1.165) is 11.3 Å². The third-order valence-electron chi connectivity index (χ3n) is 2.30. The molecular weight excluding hydrogens is 239 g/mol. The molecule has 0 aliphatic heterocycles. The van der Waals surface area contributed by atoms with Gasteiger partial charge >= 0.3 is 0 Å². The van der Waals surface area contributed by atoms with Gasteiger partial charge in [0.1, 0.15) is 10.5 Å². The molecule has 0 aliphatic carbocycles. The highest BCUT2D eigenvalue weighted by atomic mass is 32.1. The van der Waals surface area contributed by atoms with Crippen molar-refractivity contribution in [1.29, 1.82) is 0 Å². The molecule has 0 saturated carbocycles. The van der Waals surface area contributed by atoms with Crippen LogP contribution in [0.4, 0.5) is 4.39 Å². The highest BCUT2D eigenvalue weighted by Gasteiger charge is 2.06. The summed E-state index contributed by atoms with van der Waals surface area (Å²) < 4.78 is 18.7. The maximum Gasteiger partial charge on any atom is 0.165 e. The molecule has 0 spiro atoms. The van der Waals surface area contributed by atoms with E-state index in [9.17, 15) is 4.39 Å². The topological polar surface area (TPSA) is 37.9 Å². The Labute approximate surface area is 103 Å². The lowest BCUT2D eigenvalue weighted by Gasteiger charge is -2.06. The SMILES string of the molecule is COc1cc(-c2nc(=S)cc(C)[nH]2)ccc1F. The fraction of sp³-hybridized carbons (Fsp3) is 0.167. The van der Waals surface area contributed by atoms with Crippen molar-refractivity contribution in [2.45, 2.75) is 6.92 Å². The van der Waals surface area contributed by atoms with E-state index >= 15 is 0 Å². The zero-order chi connectivity index (χ0) is 12.4. The number of hydrogen-bond donors (Lipinski definition) is 1. The summed E-state index contributed by atoms with van der Waals surface area (Å²) in [6.07, 6.45) is 0. The molecule has 5 heteroatoms. The number of nitrogens with one attached hydrogen (secondary N) is 1. The van der Waals surface area contributed by atoms with Gasteiger partial charge in [0, 0.05) is 11.3 Å². The van der Waals surface area contributed by atoms with Crippen molar-refractivity contribution in [2.24, 2.45) is 0 Å². The van der Waals surface area contributed by atoms with E-state index in [4.69, 9.17) is 17.0 Å². The quantitative estimate of drug-likeness (QED) is 0.831. The Hall–Kier alpha value is -1.75. The molecule has 0 radical (unpaired) electrons. The van der Waals surface area contributed by atoms with E-state index in [1.165, 1.54) is 13.2 Å². The monoisotopic (exact) mass is 250 g/mol. The van der Waals surface area contributed by atoms with E-state index in [1.54, 1.807) is 18.2 Å². The zero-order valence-corrected chi connectivity index (χ0v) is 10.3. The minimum absolute atomic E-state index is 0.185. The average Bonchev–Trinajstić information content (AvgIpc) is 2.28. The Morgan fingerprint density at radius 3 is 2.76 bits per heavy atom. The molecule has 3 nitrogen and oxygen atoms in total. The van der Waals surface area contributed by atoms with Gasteiger partial charge in [0.15, 0.2) is 11.6 Å². The van der Waals surface area contributed by atoms with E-state index < -0.39 is 5.82 Å². The summed E-state index contributed by atoms with van der Waals surface area (Å²) in [5.74, 6) is 0.390. The largest absolute Gasteiger partial charge is 0.494 e. The number of H-pyrrole nitrogens is 1. The Bertz CT molecular complexity index is 610. The van der Waals surface area contributed by atoms with Crippen LogP contribution in [0.25, 0.3) is 11.4 Å². The number of rotatable bonds is 2. The molecular formula is C12H11FN2OS. The van der Waals surface area contributed by atoms with Crippen molar-refractivity contribution < 1.29 is 9.13 Å². The zero-order valence-electron chi connectivity index (χ0n) is 9.45. The van der Waals surface area contributed by atoms with Crippen LogP contribution in [-0.4, -0.2) is 17.1 Å². The van der Waals surface area contributed by atoms with Gasteiger partial charge in [-0.1, -0.05) is 12.2 Å². The average molecular weight is 250 g/mol. The van der Waals surface area contributed by atoms with Gasteiger partial charge in [-0.05, 0) is 31.2 Å². The first kappa shape index (κ1) is 11.7. The number of nitrogens with zero attached hydrogens (tertiary/aromatic N) is 1. The van der Waals surface area contributed by atoms with Gasteiger partial charge in [-0.2, -0.15) is 0 Å². The second kappa shape index (κ2) is 4.63. The van der Waals surface area contributed by atoms with E-state index in [2.05, 4.69) is 9.97 Å². The molecule has 0 amide bonds. The summed E-state index contributed by atoms with van der Waals surface area (Å²) in [6.45, 7) is 1.89. The molecule has 0 bridgehead atoms. The van der Waals surface area contributed by atoms with Crippen LogP contribution in [0.1, 0.15) is 5.69 Å². The highest BCUT2D eigenvalue weighted by molar-refractivity contribution is 7.71. The lowest BCUT2D eigenvalue weighted by molar-refractivity contribution is 0.386. The van der Waals surface area contributed by atoms with Gasteiger partial charge in [-0.25, -0.2) is 9.37 Å². The van der Waals surface area contributed by atoms with Crippen molar-refractivity contribution in [3.8, 4) is 17.1 Å². The Kier molecular flexibility index (Phi) is 3.19. The van der Waals surface area contributed by atoms with Gasteiger partial charge < -0.3 is 9.72 Å². The van der Waals surface area contributed by atoms with E-state index in [-0.39, 0.29) is 5.75 Å². The molecule has 0 aliphatic rings. The molecule has 1 aromatic heterocycles. The molecule has 88 valence electrons. The van der Waals surface area contributed by atoms with Gasteiger partial charge in [0.2, 0.25) is 0 Å². The second-order valence-electron chi connectivity index (χ2n) is 3.60. The number of aromatic nitrogens is 2. The molecule has 1 heterocycles. The number of benzene rings is 1. The van der Waals surface area contributed by atoms with Gasteiger partial charge in [-0.15, -0.1) is 0 Å². The predicted octanol–water partition coefficient (Wildman–Crippen LogP) is 3.26. The number of halogens is 1. The molecule has 0 atom stereocenters. The van der Waals surface area contributed by atoms with Crippen LogP contribution in [0, 0.1) is 17.4 Å². The molecule has 1 N–H and O–H groups in total. The summed E-state index contributed by atoms with van der Waals surface area (Å²) in [5.41, 5.74) is 1.64. The van der Waals surface area contributed by atoms with Crippen molar-refractivity contribution >= 4 is 12.2 Å². The smallest absolute Gasteiger partial charge is 0.165 e. The van der Waals surface area contributed by atoms with Crippen LogP contribution < -0.4 is 4.74 Å². The number of methoxy groups -OCH3 is 1. The lowest BCUT2D eigenvalue weighted by atomic mass is 10.2. The van der Waals surface area contributed by atoms with Gasteiger partial charge in [0.25, 0.3) is 0 Å². The van der Waals surface area contributed by atoms with Crippen molar-refractivity contribution in [3.05, 3.63) is 40.4 Å². The third kappa shape index (κ3) is 2.50. The van der Waals surface area contributed by atoms with Crippen LogP contribution in [0.5, 0.6) is 5.75 Å². The van der Waals surface area contributed by atoms with Crippen LogP contribution >= 0.6 is 12.2 Å². The van der Waals surface area contributed by atoms with Crippen LogP contribution in [-0.2, 0) is 0 Å². The van der Waals surface area contributed by atoms with Crippen molar-refractivity contribution in [1.82, 2.24) is 9.97 Å². The Morgan fingerprint density at radius 2 is 2.12 bits per heavy atom. The molecule has 17 heavy (non-hydrogen) atoms. The summed E-state index contributed by atoms with van der Waals surface area (Å²) >= 11 is 5.04. The minimum atomic E-state index is -0.400. The van der Waals surface area contributed by atoms with Crippen LogP contribution in [0.15, 0.2) is 24.3 Å². The van der Waals surface area contributed by atoms with Gasteiger partial charge in [0.05, 0.1) is 7.11 Å². The van der Waals surface area contributed by atoms with Gasteiger partial charge in [-0.3, -0.25) is 0 Å². The molecule has 0 unspecified atom stereocenters. The summed E-state index contributed by atoms with van der Waals surface area (Å²) in [5, 5.41) is 0. The standard InChI is InChI=1S/C12H11FN2OS/c1-7-5-11(17)15-12(14-7)8-3-4-9(13)10(6-8)16-2/h3-6H,1-2H3,(H,14,15,17). The Morgan fingerprint density at radius 1 is 1.35 bits per heavy atom. The fourth-order valence-electron chi connectivity index (χ4n) is 1.52. The molecule has 1 aromatic carbocycles. The number of aryl methyl sites for hydroxylation is 1. The van der Waals surface area contributed by atoms with Crippen LogP contribution in [0.2, 0.25) is 0 Å².